The van der Waals surface area contributed by atoms with E-state index in [1.165, 1.54) is 4.57 Å². The van der Waals surface area contributed by atoms with Gasteiger partial charge in [-0.3, -0.25) is 14.3 Å². The number of hydrogen-bond acceptors (Lipinski definition) is 5. The highest BCUT2D eigenvalue weighted by atomic mass is 16.4. The maximum absolute atomic E-state index is 11.6. The van der Waals surface area contributed by atoms with Crippen molar-refractivity contribution >= 4 is 5.82 Å². The zero-order valence-corrected chi connectivity index (χ0v) is 9.43. The fourth-order valence-corrected chi connectivity index (χ4v) is 1.60. The number of hydrogen-bond donors (Lipinski definition) is 2. The summed E-state index contributed by atoms with van der Waals surface area (Å²) in [7, 11) is 0. The average Bonchev–Trinajstić information content (AvgIpc) is 2.63. The van der Waals surface area contributed by atoms with E-state index < -0.39 is 17.3 Å². The minimum atomic E-state index is -0.585. The van der Waals surface area contributed by atoms with Gasteiger partial charge < -0.3 is 10.2 Å². The van der Waals surface area contributed by atoms with Crippen LogP contribution < -0.4 is 17.0 Å². The number of nitrogens with two attached hydrogens (primary N) is 1. The van der Waals surface area contributed by atoms with Crippen molar-refractivity contribution in [1.82, 2.24) is 14.5 Å². The summed E-state index contributed by atoms with van der Waals surface area (Å²) in [6.07, 6.45) is 1.55. The predicted octanol–water partition coefficient (Wildman–Crippen LogP) is 0.0245. The van der Waals surface area contributed by atoms with E-state index in [0.29, 0.717) is 11.7 Å². The number of nitrogens with zero attached hydrogens (tertiary/aromatic N) is 2. The lowest BCUT2D eigenvalue weighted by Gasteiger charge is -2.13. The molecule has 0 aromatic carbocycles. The fourth-order valence-electron chi connectivity index (χ4n) is 1.60. The molecule has 0 saturated carbocycles. The van der Waals surface area contributed by atoms with Crippen molar-refractivity contribution in [3.63, 3.8) is 0 Å². The smallest absolute Gasteiger partial charge is 0.330 e. The van der Waals surface area contributed by atoms with Gasteiger partial charge in [-0.2, -0.15) is 0 Å². The number of H-pyrrole nitrogens is 1. The van der Waals surface area contributed by atoms with E-state index in [1.54, 1.807) is 20.0 Å². The number of nitrogens with one attached hydrogen (secondary N) is 1. The van der Waals surface area contributed by atoms with E-state index in [-0.39, 0.29) is 5.82 Å². The molecule has 0 bridgehead atoms. The summed E-state index contributed by atoms with van der Waals surface area (Å²) >= 11 is 0. The molecule has 2 aromatic heterocycles. The van der Waals surface area contributed by atoms with Crippen LogP contribution in [0.15, 0.2) is 26.3 Å². The molecule has 0 radical (unpaired) electrons. The zero-order valence-electron chi connectivity index (χ0n) is 9.43. The summed E-state index contributed by atoms with van der Waals surface area (Å²) in [6, 6.07) is 0.668. The molecule has 1 unspecified atom stereocenters. The molecule has 90 valence electrons. The molecule has 0 fully saturated rings. The van der Waals surface area contributed by atoms with Crippen molar-refractivity contribution in [2.45, 2.75) is 19.9 Å². The van der Waals surface area contributed by atoms with Gasteiger partial charge in [0, 0.05) is 6.07 Å². The highest BCUT2D eigenvalue weighted by molar-refractivity contribution is 5.28. The Hall–Kier alpha value is -2.31. The Bertz CT molecular complexity index is 652. The Morgan fingerprint density at radius 2 is 2.24 bits per heavy atom. The molecule has 7 nitrogen and oxygen atoms in total. The van der Waals surface area contributed by atoms with E-state index in [0.717, 1.165) is 6.07 Å². The van der Waals surface area contributed by atoms with Crippen molar-refractivity contribution in [1.29, 1.82) is 0 Å². The first-order valence-corrected chi connectivity index (χ1v) is 5.02. The standard InChI is InChI=1S/C10H12N4O3/c1-5-4-12-9(17-5)6(2)14-7(11)3-8(15)13-10(14)16/h3-4,6H,11H2,1-2H3,(H,13,15,16). The Labute approximate surface area is 95.9 Å². The van der Waals surface area contributed by atoms with Gasteiger partial charge in [0.2, 0.25) is 5.89 Å². The monoisotopic (exact) mass is 236 g/mol. The van der Waals surface area contributed by atoms with Crippen LogP contribution in [0.1, 0.15) is 24.6 Å². The second-order valence-corrected chi connectivity index (χ2v) is 3.72. The van der Waals surface area contributed by atoms with Crippen molar-refractivity contribution in [3.05, 3.63) is 44.8 Å². The lowest BCUT2D eigenvalue weighted by Crippen LogP contribution is -2.33. The van der Waals surface area contributed by atoms with E-state index in [9.17, 15) is 9.59 Å². The maximum atomic E-state index is 11.6. The minimum absolute atomic E-state index is 0.0714. The number of nitrogen functional groups attached to an aromatic ring is 1. The van der Waals surface area contributed by atoms with Crippen LogP contribution in [0.25, 0.3) is 0 Å². The average molecular weight is 236 g/mol. The van der Waals surface area contributed by atoms with Gasteiger partial charge in [0.15, 0.2) is 0 Å². The van der Waals surface area contributed by atoms with Gasteiger partial charge in [0.05, 0.1) is 6.20 Å². The highest BCUT2D eigenvalue weighted by Gasteiger charge is 2.17. The van der Waals surface area contributed by atoms with Gasteiger partial charge in [-0.1, -0.05) is 0 Å². The van der Waals surface area contributed by atoms with Crippen molar-refractivity contribution in [2.24, 2.45) is 0 Å². The Morgan fingerprint density at radius 1 is 1.53 bits per heavy atom. The normalized spacial score (nSPS) is 12.6. The third-order valence-corrected chi connectivity index (χ3v) is 2.39. The molecule has 0 aliphatic heterocycles. The van der Waals surface area contributed by atoms with Gasteiger partial charge in [0.25, 0.3) is 5.56 Å². The van der Waals surface area contributed by atoms with Gasteiger partial charge in [0.1, 0.15) is 17.6 Å². The second kappa shape index (κ2) is 3.93. The number of aromatic nitrogens is 3. The number of aromatic amines is 1. The summed E-state index contributed by atoms with van der Waals surface area (Å²) < 4.78 is 6.54. The third kappa shape index (κ3) is 1.99. The van der Waals surface area contributed by atoms with E-state index >= 15 is 0 Å². The van der Waals surface area contributed by atoms with E-state index in [2.05, 4.69) is 9.97 Å². The van der Waals surface area contributed by atoms with Gasteiger partial charge in [-0.25, -0.2) is 9.78 Å². The Balaban J connectivity index is 2.55. The maximum Gasteiger partial charge on any atom is 0.330 e. The fraction of sp³-hybridized carbons (Fsp3) is 0.300. The Kier molecular flexibility index (Phi) is 2.58. The van der Waals surface area contributed by atoms with Crippen molar-refractivity contribution < 1.29 is 4.42 Å². The predicted molar refractivity (Wildman–Crippen MR) is 60.8 cm³/mol. The molecule has 3 N–H and O–H groups in total. The van der Waals surface area contributed by atoms with Crippen LogP contribution in [0.5, 0.6) is 0 Å². The van der Waals surface area contributed by atoms with E-state index in [4.69, 9.17) is 10.2 Å². The summed E-state index contributed by atoms with van der Waals surface area (Å²) in [5, 5.41) is 0. The van der Waals surface area contributed by atoms with Crippen LogP contribution in [-0.4, -0.2) is 14.5 Å². The van der Waals surface area contributed by atoms with Crippen LogP contribution in [0, 0.1) is 6.92 Å². The number of anilines is 1. The lowest BCUT2D eigenvalue weighted by molar-refractivity contribution is 0.409. The summed E-state index contributed by atoms with van der Waals surface area (Å²) in [5.74, 6) is 1.08. The molecule has 2 aromatic rings. The zero-order chi connectivity index (χ0) is 12.6. The lowest BCUT2D eigenvalue weighted by atomic mass is 10.3. The summed E-state index contributed by atoms with van der Waals surface area (Å²) in [6.45, 7) is 3.46. The van der Waals surface area contributed by atoms with Gasteiger partial charge in [-0.05, 0) is 13.8 Å². The summed E-state index contributed by atoms with van der Waals surface area (Å²) in [5.41, 5.74) is 4.53. The first-order chi connectivity index (χ1) is 7.99. The van der Waals surface area contributed by atoms with Crippen LogP contribution in [0.2, 0.25) is 0 Å². The van der Waals surface area contributed by atoms with E-state index in [1.807, 2.05) is 0 Å². The number of aryl methyl sites for hydroxylation is 1. The number of rotatable bonds is 2. The molecular weight excluding hydrogens is 224 g/mol. The molecule has 0 spiro atoms. The molecular formula is C10H12N4O3. The van der Waals surface area contributed by atoms with Crippen molar-refractivity contribution in [3.8, 4) is 0 Å². The molecule has 0 aliphatic carbocycles. The molecule has 0 saturated heterocycles. The molecule has 0 aliphatic rings. The topological polar surface area (TPSA) is 107 Å². The highest BCUT2D eigenvalue weighted by Crippen LogP contribution is 2.17. The molecule has 17 heavy (non-hydrogen) atoms. The minimum Gasteiger partial charge on any atom is -0.444 e. The molecule has 2 heterocycles. The van der Waals surface area contributed by atoms with Gasteiger partial charge >= 0.3 is 5.69 Å². The SMILES string of the molecule is Cc1cnc(C(C)n2c(N)cc(=O)[nH]c2=O)o1. The van der Waals surface area contributed by atoms with Crippen LogP contribution in [-0.2, 0) is 0 Å². The van der Waals surface area contributed by atoms with Crippen LogP contribution in [0.3, 0.4) is 0 Å². The molecule has 2 rings (SSSR count). The summed E-state index contributed by atoms with van der Waals surface area (Å²) in [4.78, 5) is 28.8. The molecule has 0 amide bonds. The second-order valence-electron chi connectivity index (χ2n) is 3.72. The first kappa shape index (κ1) is 11.2. The molecule has 7 heteroatoms. The van der Waals surface area contributed by atoms with Crippen LogP contribution >= 0.6 is 0 Å². The molecule has 1 atom stereocenters. The Morgan fingerprint density at radius 3 is 2.76 bits per heavy atom. The van der Waals surface area contributed by atoms with Crippen molar-refractivity contribution in [2.75, 3.05) is 5.73 Å². The quantitative estimate of drug-likeness (QED) is 0.764. The van der Waals surface area contributed by atoms with Crippen LogP contribution in [0.4, 0.5) is 5.82 Å². The third-order valence-electron chi connectivity index (χ3n) is 2.39. The van der Waals surface area contributed by atoms with Gasteiger partial charge in [-0.15, -0.1) is 0 Å². The number of oxazole rings is 1. The largest absolute Gasteiger partial charge is 0.444 e. The first-order valence-electron chi connectivity index (χ1n) is 5.02.